The van der Waals surface area contributed by atoms with Gasteiger partial charge in [-0.15, -0.1) is 6.58 Å². The molecule has 4 nitrogen and oxygen atoms in total. The van der Waals surface area contributed by atoms with Crippen molar-refractivity contribution in [2.45, 2.75) is 0 Å². The van der Waals surface area contributed by atoms with Gasteiger partial charge in [-0.2, -0.15) is 0 Å². The SMILES string of the molecule is C=CCN1C(=O)C(=Cc2cccc(-c3ccc(Cl)cc3)c2)C(=O)NC1=S. The number of nitrogens with one attached hydrogen (secondary N) is 1. The highest BCUT2D eigenvalue weighted by atomic mass is 35.5. The van der Waals surface area contributed by atoms with Gasteiger partial charge >= 0.3 is 0 Å². The van der Waals surface area contributed by atoms with Crippen LogP contribution in [0.3, 0.4) is 0 Å². The molecular weight excluding hydrogens is 368 g/mol. The van der Waals surface area contributed by atoms with Crippen LogP contribution in [0, 0.1) is 0 Å². The van der Waals surface area contributed by atoms with Gasteiger partial charge in [0.05, 0.1) is 0 Å². The summed E-state index contributed by atoms with van der Waals surface area (Å²) in [6, 6.07) is 15.0. The number of hydrogen-bond donors (Lipinski definition) is 1. The van der Waals surface area contributed by atoms with Crippen LogP contribution in [0.25, 0.3) is 17.2 Å². The van der Waals surface area contributed by atoms with Gasteiger partial charge in [-0.1, -0.05) is 48.0 Å². The lowest BCUT2D eigenvalue weighted by Gasteiger charge is -2.27. The maximum atomic E-state index is 12.6. The zero-order valence-corrected chi connectivity index (χ0v) is 15.3. The number of halogens is 1. The minimum absolute atomic E-state index is 0.0358. The summed E-state index contributed by atoms with van der Waals surface area (Å²) in [7, 11) is 0. The molecule has 2 aromatic rings. The summed E-state index contributed by atoms with van der Waals surface area (Å²) >= 11 is 11.0. The second kappa shape index (κ2) is 7.64. The number of amides is 2. The maximum Gasteiger partial charge on any atom is 0.265 e. The van der Waals surface area contributed by atoms with Gasteiger partial charge < -0.3 is 0 Å². The molecule has 0 radical (unpaired) electrons. The van der Waals surface area contributed by atoms with Gasteiger partial charge in [0, 0.05) is 11.6 Å². The van der Waals surface area contributed by atoms with Gasteiger partial charge in [0.25, 0.3) is 11.8 Å². The Morgan fingerprint density at radius 2 is 1.85 bits per heavy atom. The highest BCUT2D eigenvalue weighted by molar-refractivity contribution is 7.80. The summed E-state index contributed by atoms with van der Waals surface area (Å²) in [5.41, 5.74) is 2.72. The van der Waals surface area contributed by atoms with E-state index < -0.39 is 11.8 Å². The Labute approximate surface area is 161 Å². The van der Waals surface area contributed by atoms with Crippen LogP contribution < -0.4 is 5.32 Å². The largest absolute Gasteiger partial charge is 0.298 e. The molecule has 1 N–H and O–H groups in total. The average molecular weight is 383 g/mol. The number of rotatable bonds is 4. The zero-order valence-electron chi connectivity index (χ0n) is 13.7. The second-order valence-electron chi connectivity index (χ2n) is 5.65. The highest BCUT2D eigenvalue weighted by Gasteiger charge is 2.32. The van der Waals surface area contributed by atoms with Crippen LogP contribution in [0.5, 0.6) is 0 Å². The van der Waals surface area contributed by atoms with Gasteiger partial charge in [-0.25, -0.2) is 0 Å². The maximum absolute atomic E-state index is 12.6. The van der Waals surface area contributed by atoms with Crippen LogP contribution in [0.1, 0.15) is 5.56 Å². The molecule has 2 aromatic carbocycles. The lowest BCUT2D eigenvalue weighted by atomic mass is 10.0. The van der Waals surface area contributed by atoms with E-state index in [1.54, 1.807) is 12.2 Å². The molecule has 0 aromatic heterocycles. The fourth-order valence-electron chi connectivity index (χ4n) is 2.61. The predicted molar refractivity (Wildman–Crippen MR) is 108 cm³/mol. The van der Waals surface area contributed by atoms with Crippen molar-refractivity contribution >= 4 is 46.8 Å². The van der Waals surface area contributed by atoms with Gasteiger partial charge in [-0.3, -0.25) is 19.8 Å². The Bertz CT molecular complexity index is 935. The summed E-state index contributed by atoms with van der Waals surface area (Å²) in [6.07, 6.45) is 3.12. The molecule has 6 heteroatoms. The molecule has 1 heterocycles. The Balaban J connectivity index is 1.96. The number of carbonyl (C=O) groups excluding carboxylic acids is 2. The third kappa shape index (κ3) is 3.74. The highest BCUT2D eigenvalue weighted by Crippen LogP contribution is 2.24. The Hall–Kier alpha value is -2.76. The lowest BCUT2D eigenvalue weighted by molar-refractivity contribution is -0.128. The van der Waals surface area contributed by atoms with Crippen molar-refractivity contribution < 1.29 is 9.59 Å². The fourth-order valence-corrected chi connectivity index (χ4v) is 2.98. The summed E-state index contributed by atoms with van der Waals surface area (Å²) in [5, 5.41) is 3.29. The van der Waals surface area contributed by atoms with Crippen LogP contribution in [-0.4, -0.2) is 28.4 Å². The molecule has 0 unspecified atom stereocenters. The summed E-state index contributed by atoms with van der Waals surface area (Å²) < 4.78 is 0. The molecule has 1 saturated heterocycles. The van der Waals surface area contributed by atoms with E-state index in [0.717, 1.165) is 16.7 Å². The fraction of sp³-hybridized carbons (Fsp3) is 0.0500. The molecule has 1 aliphatic rings. The molecule has 0 bridgehead atoms. The first-order valence-electron chi connectivity index (χ1n) is 7.85. The second-order valence-corrected chi connectivity index (χ2v) is 6.48. The van der Waals surface area contributed by atoms with E-state index in [-0.39, 0.29) is 17.2 Å². The van der Waals surface area contributed by atoms with E-state index in [4.69, 9.17) is 23.8 Å². The number of thiocarbonyl (C=S) groups is 1. The van der Waals surface area contributed by atoms with Crippen LogP contribution in [0.2, 0.25) is 5.02 Å². The first-order chi connectivity index (χ1) is 12.5. The van der Waals surface area contributed by atoms with Crippen molar-refractivity contribution in [2.24, 2.45) is 0 Å². The van der Waals surface area contributed by atoms with E-state index in [1.165, 1.54) is 4.90 Å². The summed E-state index contributed by atoms with van der Waals surface area (Å²) in [4.78, 5) is 26.1. The van der Waals surface area contributed by atoms with Crippen molar-refractivity contribution in [3.63, 3.8) is 0 Å². The molecule has 3 rings (SSSR count). The quantitative estimate of drug-likeness (QED) is 0.378. The molecule has 1 aliphatic heterocycles. The third-order valence-electron chi connectivity index (χ3n) is 3.87. The first kappa shape index (κ1) is 18.0. The normalized spacial score (nSPS) is 16.0. The predicted octanol–water partition coefficient (Wildman–Crippen LogP) is 3.82. The van der Waals surface area contributed by atoms with Gasteiger partial charge in [0.2, 0.25) is 0 Å². The molecule has 1 fully saturated rings. The Morgan fingerprint density at radius 3 is 2.54 bits per heavy atom. The lowest BCUT2D eigenvalue weighted by Crippen LogP contribution is -2.53. The van der Waals surface area contributed by atoms with E-state index in [0.29, 0.717) is 5.02 Å². The molecule has 2 amide bonds. The van der Waals surface area contributed by atoms with Crippen molar-refractivity contribution in [3.05, 3.63) is 77.3 Å². The van der Waals surface area contributed by atoms with Crippen LogP contribution in [0.15, 0.2) is 66.8 Å². The van der Waals surface area contributed by atoms with Gasteiger partial charge in [0.1, 0.15) is 5.57 Å². The zero-order chi connectivity index (χ0) is 18.7. The van der Waals surface area contributed by atoms with Crippen molar-refractivity contribution in [1.29, 1.82) is 0 Å². The molecule has 0 saturated carbocycles. The Morgan fingerprint density at radius 1 is 1.12 bits per heavy atom. The summed E-state index contributed by atoms with van der Waals surface area (Å²) in [6.45, 7) is 3.84. The Kier molecular flexibility index (Phi) is 5.30. The van der Waals surface area contributed by atoms with Gasteiger partial charge in [0.15, 0.2) is 5.11 Å². The van der Waals surface area contributed by atoms with Gasteiger partial charge in [-0.05, 0) is 53.2 Å². The molecule has 0 atom stereocenters. The number of nitrogens with zero attached hydrogens (tertiary/aromatic N) is 1. The van der Waals surface area contributed by atoms with E-state index in [2.05, 4.69) is 11.9 Å². The van der Waals surface area contributed by atoms with Crippen molar-refractivity contribution in [1.82, 2.24) is 10.2 Å². The van der Waals surface area contributed by atoms with E-state index >= 15 is 0 Å². The monoisotopic (exact) mass is 382 g/mol. The van der Waals surface area contributed by atoms with E-state index in [1.807, 2.05) is 48.5 Å². The smallest absolute Gasteiger partial charge is 0.265 e. The molecule has 0 aliphatic carbocycles. The topological polar surface area (TPSA) is 49.4 Å². The van der Waals surface area contributed by atoms with Crippen LogP contribution in [0.4, 0.5) is 0 Å². The molecular formula is C20H15ClN2O2S. The minimum Gasteiger partial charge on any atom is -0.298 e. The minimum atomic E-state index is -0.503. The van der Waals surface area contributed by atoms with Crippen molar-refractivity contribution in [2.75, 3.05) is 6.54 Å². The standard InChI is InChI=1S/C20H15ClN2O2S/c1-2-10-23-19(25)17(18(24)22-20(23)26)12-13-4-3-5-15(11-13)14-6-8-16(21)9-7-14/h2-9,11-12H,1,10H2,(H,22,24,26). The third-order valence-corrected chi connectivity index (χ3v) is 4.45. The number of carbonyl (C=O) groups is 2. The summed E-state index contributed by atoms with van der Waals surface area (Å²) in [5.74, 6) is -0.937. The van der Waals surface area contributed by atoms with E-state index in [9.17, 15) is 9.59 Å². The first-order valence-corrected chi connectivity index (χ1v) is 8.64. The van der Waals surface area contributed by atoms with Crippen LogP contribution in [-0.2, 0) is 9.59 Å². The average Bonchev–Trinajstić information content (AvgIpc) is 2.63. The molecule has 130 valence electrons. The number of benzene rings is 2. The molecule has 0 spiro atoms. The van der Waals surface area contributed by atoms with Crippen molar-refractivity contribution in [3.8, 4) is 11.1 Å². The molecule has 26 heavy (non-hydrogen) atoms. The number of hydrogen-bond acceptors (Lipinski definition) is 3. The van der Waals surface area contributed by atoms with Crippen LogP contribution >= 0.6 is 23.8 Å².